The topological polar surface area (TPSA) is 62.7 Å². The van der Waals surface area contributed by atoms with Gasteiger partial charge in [0.2, 0.25) is 0 Å². The third-order valence-electron chi connectivity index (χ3n) is 3.41. The Hall–Kier alpha value is -2.82. The van der Waals surface area contributed by atoms with E-state index in [-0.39, 0.29) is 11.9 Å². The van der Waals surface area contributed by atoms with Crippen LogP contribution in [0.4, 0.5) is 5.69 Å². The van der Waals surface area contributed by atoms with Crippen molar-refractivity contribution in [2.45, 2.75) is 19.9 Å². The summed E-state index contributed by atoms with van der Waals surface area (Å²) in [6.45, 7) is 3.79. The van der Waals surface area contributed by atoms with Crippen LogP contribution in [-0.4, -0.2) is 25.3 Å². The van der Waals surface area contributed by atoms with Crippen molar-refractivity contribution in [3.8, 4) is 5.75 Å². The molecule has 23 heavy (non-hydrogen) atoms. The van der Waals surface area contributed by atoms with Gasteiger partial charge in [0.1, 0.15) is 11.8 Å². The quantitative estimate of drug-likeness (QED) is 0.637. The van der Waals surface area contributed by atoms with Crippen molar-refractivity contribution >= 4 is 17.8 Å². The summed E-state index contributed by atoms with van der Waals surface area (Å²) in [7, 11) is 1.62. The molecule has 2 rings (SSSR count). The zero-order valence-corrected chi connectivity index (χ0v) is 13.5. The molecule has 0 unspecified atom stereocenters. The normalized spacial score (nSPS) is 12.0. The molecular formula is C18H21N3O2. The largest absolute Gasteiger partial charge is 0.497 e. The molecule has 0 spiro atoms. The van der Waals surface area contributed by atoms with Crippen LogP contribution in [0.2, 0.25) is 0 Å². The van der Waals surface area contributed by atoms with Gasteiger partial charge in [0.05, 0.1) is 13.3 Å². The summed E-state index contributed by atoms with van der Waals surface area (Å²) in [6.07, 6.45) is 1.60. The maximum absolute atomic E-state index is 12.0. The van der Waals surface area contributed by atoms with E-state index in [0.717, 1.165) is 22.6 Å². The SMILES string of the molecule is COc1ccc(/C=N\NC(=O)[C@@H](C)Nc2ccccc2C)cc1. The van der Waals surface area contributed by atoms with Crippen LogP contribution in [0.25, 0.3) is 0 Å². The first-order chi connectivity index (χ1) is 11.1. The summed E-state index contributed by atoms with van der Waals surface area (Å²) in [5, 5.41) is 7.15. The number of amides is 1. The molecule has 1 atom stereocenters. The molecule has 5 heteroatoms. The minimum atomic E-state index is -0.385. The summed E-state index contributed by atoms with van der Waals surface area (Å²) in [5.41, 5.74) is 5.45. The summed E-state index contributed by atoms with van der Waals surface area (Å²) >= 11 is 0. The fraction of sp³-hybridized carbons (Fsp3) is 0.222. The number of ether oxygens (including phenoxy) is 1. The monoisotopic (exact) mass is 311 g/mol. The Bertz CT molecular complexity index is 681. The first kappa shape index (κ1) is 16.5. The zero-order chi connectivity index (χ0) is 16.7. The Morgan fingerprint density at radius 3 is 2.52 bits per heavy atom. The first-order valence-corrected chi connectivity index (χ1v) is 7.39. The van der Waals surface area contributed by atoms with Crippen LogP contribution in [0.1, 0.15) is 18.1 Å². The molecule has 5 nitrogen and oxygen atoms in total. The maximum Gasteiger partial charge on any atom is 0.262 e. The van der Waals surface area contributed by atoms with Gasteiger partial charge in [-0.2, -0.15) is 5.10 Å². The number of anilines is 1. The van der Waals surface area contributed by atoms with E-state index in [1.54, 1.807) is 20.2 Å². The molecule has 2 aromatic carbocycles. The number of rotatable bonds is 6. The van der Waals surface area contributed by atoms with E-state index in [0.29, 0.717) is 0 Å². The first-order valence-electron chi connectivity index (χ1n) is 7.39. The molecule has 0 radical (unpaired) electrons. The summed E-state index contributed by atoms with van der Waals surface area (Å²) in [5.74, 6) is 0.584. The van der Waals surface area contributed by atoms with Crippen LogP contribution in [0.5, 0.6) is 5.75 Å². The van der Waals surface area contributed by atoms with Crippen LogP contribution < -0.4 is 15.5 Å². The molecule has 2 N–H and O–H groups in total. The van der Waals surface area contributed by atoms with E-state index in [9.17, 15) is 4.79 Å². The second-order valence-electron chi connectivity index (χ2n) is 5.19. The van der Waals surface area contributed by atoms with E-state index >= 15 is 0 Å². The van der Waals surface area contributed by atoms with Crippen molar-refractivity contribution in [3.63, 3.8) is 0 Å². The fourth-order valence-electron chi connectivity index (χ4n) is 1.99. The smallest absolute Gasteiger partial charge is 0.262 e. The maximum atomic E-state index is 12.0. The van der Waals surface area contributed by atoms with Crippen molar-refractivity contribution in [2.75, 3.05) is 12.4 Å². The molecule has 0 aromatic heterocycles. The third kappa shape index (κ3) is 4.85. The van der Waals surface area contributed by atoms with E-state index in [1.165, 1.54) is 0 Å². The van der Waals surface area contributed by atoms with Crippen LogP contribution in [0, 0.1) is 6.92 Å². The molecule has 0 heterocycles. The minimum absolute atomic E-state index is 0.196. The average Bonchev–Trinajstić information content (AvgIpc) is 2.57. The Morgan fingerprint density at radius 2 is 1.87 bits per heavy atom. The minimum Gasteiger partial charge on any atom is -0.497 e. The number of hydrazone groups is 1. The van der Waals surface area contributed by atoms with Gasteiger partial charge in [-0.05, 0) is 55.3 Å². The van der Waals surface area contributed by atoms with Crippen LogP contribution in [0.15, 0.2) is 53.6 Å². The second kappa shape index (κ2) is 7.98. The van der Waals surface area contributed by atoms with Crippen molar-refractivity contribution in [1.29, 1.82) is 0 Å². The van der Waals surface area contributed by atoms with E-state index < -0.39 is 0 Å². The molecule has 120 valence electrons. The van der Waals surface area contributed by atoms with Crippen molar-refractivity contribution < 1.29 is 9.53 Å². The number of aryl methyl sites for hydroxylation is 1. The summed E-state index contributed by atoms with van der Waals surface area (Å²) in [6, 6.07) is 14.9. The molecule has 0 bridgehead atoms. The second-order valence-corrected chi connectivity index (χ2v) is 5.19. The van der Waals surface area contributed by atoms with Gasteiger partial charge >= 0.3 is 0 Å². The highest BCUT2D eigenvalue weighted by atomic mass is 16.5. The van der Waals surface area contributed by atoms with Gasteiger partial charge in [-0.25, -0.2) is 5.43 Å². The number of benzene rings is 2. The highest BCUT2D eigenvalue weighted by molar-refractivity contribution is 5.86. The lowest BCUT2D eigenvalue weighted by Gasteiger charge is -2.15. The predicted octanol–water partition coefficient (Wildman–Crippen LogP) is 2.95. The van der Waals surface area contributed by atoms with E-state index in [4.69, 9.17) is 4.74 Å². The number of nitrogens with zero attached hydrogens (tertiary/aromatic N) is 1. The average molecular weight is 311 g/mol. The van der Waals surface area contributed by atoms with Gasteiger partial charge in [0.25, 0.3) is 5.91 Å². The summed E-state index contributed by atoms with van der Waals surface area (Å²) in [4.78, 5) is 12.0. The van der Waals surface area contributed by atoms with Gasteiger partial charge in [-0.1, -0.05) is 18.2 Å². The number of methoxy groups -OCH3 is 1. The number of para-hydroxylation sites is 1. The van der Waals surface area contributed by atoms with Gasteiger partial charge in [0, 0.05) is 5.69 Å². The Kier molecular flexibility index (Phi) is 5.74. The molecular weight excluding hydrogens is 290 g/mol. The van der Waals surface area contributed by atoms with Gasteiger partial charge in [-0.3, -0.25) is 4.79 Å². The lowest BCUT2D eigenvalue weighted by molar-refractivity contribution is -0.121. The van der Waals surface area contributed by atoms with Crippen molar-refractivity contribution in [2.24, 2.45) is 5.10 Å². The fourth-order valence-corrected chi connectivity index (χ4v) is 1.99. The number of hydrogen-bond acceptors (Lipinski definition) is 4. The van der Waals surface area contributed by atoms with Crippen LogP contribution in [-0.2, 0) is 4.79 Å². The standard InChI is InChI=1S/C18H21N3O2/c1-13-6-4-5-7-17(13)20-14(2)18(22)21-19-12-15-8-10-16(23-3)11-9-15/h4-12,14,20H,1-3H3,(H,21,22)/b19-12-/t14-/m1/s1. The van der Waals surface area contributed by atoms with Crippen LogP contribution in [0.3, 0.4) is 0 Å². The molecule has 0 saturated carbocycles. The Morgan fingerprint density at radius 1 is 1.17 bits per heavy atom. The highest BCUT2D eigenvalue weighted by Gasteiger charge is 2.12. The molecule has 0 aliphatic rings. The predicted molar refractivity (Wildman–Crippen MR) is 93.0 cm³/mol. The number of nitrogens with one attached hydrogen (secondary N) is 2. The highest BCUT2D eigenvalue weighted by Crippen LogP contribution is 2.14. The number of carbonyl (C=O) groups is 1. The molecule has 0 aliphatic carbocycles. The van der Waals surface area contributed by atoms with Gasteiger partial charge in [0.15, 0.2) is 0 Å². The molecule has 0 aliphatic heterocycles. The number of carbonyl (C=O) groups excluding carboxylic acids is 1. The van der Waals surface area contributed by atoms with Gasteiger partial charge < -0.3 is 10.1 Å². The van der Waals surface area contributed by atoms with E-state index in [1.807, 2.05) is 55.5 Å². The van der Waals surface area contributed by atoms with Gasteiger partial charge in [-0.15, -0.1) is 0 Å². The Balaban J connectivity index is 1.88. The molecule has 0 saturated heterocycles. The van der Waals surface area contributed by atoms with Crippen molar-refractivity contribution in [1.82, 2.24) is 5.43 Å². The third-order valence-corrected chi connectivity index (χ3v) is 3.41. The van der Waals surface area contributed by atoms with Crippen LogP contribution >= 0.6 is 0 Å². The van der Waals surface area contributed by atoms with Crippen molar-refractivity contribution in [3.05, 3.63) is 59.7 Å². The molecule has 0 fully saturated rings. The lowest BCUT2D eigenvalue weighted by Crippen LogP contribution is -2.35. The van der Waals surface area contributed by atoms with E-state index in [2.05, 4.69) is 15.8 Å². The Labute approximate surface area is 136 Å². The lowest BCUT2D eigenvalue weighted by atomic mass is 10.2. The molecule has 2 aromatic rings. The summed E-state index contributed by atoms with van der Waals surface area (Å²) < 4.78 is 5.09. The molecule has 1 amide bonds. The number of hydrogen-bond donors (Lipinski definition) is 2. The zero-order valence-electron chi connectivity index (χ0n) is 13.5.